The van der Waals surface area contributed by atoms with E-state index in [1.165, 1.54) is 10.4 Å². The van der Waals surface area contributed by atoms with E-state index < -0.39 is 0 Å². The lowest BCUT2D eigenvalue weighted by molar-refractivity contribution is 0.0955. The van der Waals surface area contributed by atoms with Crippen molar-refractivity contribution in [2.75, 3.05) is 0 Å². The Morgan fingerprint density at radius 2 is 2.10 bits per heavy atom. The first kappa shape index (κ1) is 14.2. The lowest BCUT2D eigenvalue weighted by Gasteiger charge is -1.99. The zero-order chi connectivity index (χ0) is 14.8. The number of thiophene rings is 1. The summed E-state index contributed by atoms with van der Waals surface area (Å²) in [7, 11) is 0. The first-order chi connectivity index (χ1) is 10.2. The van der Waals surface area contributed by atoms with Gasteiger partial charge in [0.25, 0.3) is 5.91 Å². The summed E-state index contributed by atoms with van der Waals surface area (Å²) >= 11 is 3.20. The molecule has 3 nitrogen and oxygen atoms in total. The first-order valence-corrected chi connectivity index (χ1v) is 8.52. The fourth-order valence-electron chi connectivity index (χ4n) is 2.22. The standard InChI is InChI=1S/C16H16N2OS2/c1-3-12-10(2)8-14(20-12)16(19)17-9-15-18-11-6-4-5-7-13(11)21-15/h4-8H,3,9H2,1-2H3,(H,17,19). The van der Waals surface area contributed by atoms with Crippen LogP contribution in [0.5, 0.6) is 0 Å². The predicted octanol–water partition coefficient (Wildman–Crippen LogP) is 4.16. The second-order valence-corrected chi connectivity index (χ2v) is 7.08. The van der Waals surface area contributed by atoms with Crippen molar-refractivity contribution < 1.29 is 4.79 Å². The van der Waals surface area contributed by atoms with Gasteiger partial charge in [-0.15, -0.1) is 22.7 Å². The molecule has 108 valence electrons. The third kappa shape index (κ3) is 2.99. The zero-order valence-corrected chi connectivity index (χ0v) is 13.6. The third-order valence-corrected chi connectivity index (χ3v) is 5.72. The number of hydrogen-bond acceptors (Lipinski definition) is 4. The molecular formula is C16H16N2OS2. The van der Waals surface area contributed by atoms with E-state index in [0.29, 0.717) is 6.54 Å². The SMILES string of the molecule is CCc1sc(C(=O)NCc2nc3ccccc3s2)cc1C. The highest BCUT2D eigenvalue weighted by Gasteiger charge is 2.12. The summed E-state index contributed by atoms with van der Waals surface area (Å²) in [6.07, 6.45) is 0.974. The van der Waals surface area contributed by atoms with Crippen LogP contribution < -0.4 is 5.32 Å². The summed E-state index contributed by atoms with van der Waals surface area (Å²) in [5.41, 5.74) is 2.19. The van der Waals surface area contributed by atoms with E-state index >= 15 is 0 Å². The maximum Gasteiger partial charge on any atom is 0.261 e. The van der Waals surface area contributed by atoms with Gasteiger partial charge in [0.1, 0.15) is 5.01 Å². The Hall–Kier alpha value is -1.72. The van der Waals surface area contributed by atoms with Crippen LogP contribution in [0.1, 0.15) is 32.0 Å². The monoisotopic (exact) mass is 316 g/mol. The highest BCUT2D eigenvalue weighted by molar-refractivity contribution is 7.18. The van der Waals surface area contributed by atoms with Crippen molar-refractivity contribution in [2.24, 2.45) is 0 Å². The van der Waals surface area contributed by atoms with Crippen LogP contribution in [0.3, 0.4) is 0 Å². The molecule has 1 aromatic carbocycles. The molecule has 0 aliphatic rings. The minimum atomic E-state index is -0.0120. The molecule has 0 bridgehead atoms. The van der Waals surface area contributed by atoms with Gasteiger partial charge in [-0.25, -0.2) is 4.98 Å². The van der Waals surface area contributed by atoms with E-state index in [4.69, 9.17) is 0 Å². The summed E-state index contributed by atoms with van der Waals surface area (Å²) in [5.74, 6) is -0.0120. The van der Waals surface area contributed by atoms with Crippen LogP contribution in [-0.4, -0.2) is 10.9 Å². The molecule has 0 aliphatic heterocycles. The van der Waals surface area contributed by atoms with E-state index in [1.54, 1.807) is 22.7 Å². The summed E-state index contributed by atoms with van der Waals surface area (Å²) < 4.78 is 1.15. The van der Waals surface area contributed by atoms with Gasteiger partial charge in [0.15, 0.2) is 0 Å². The van der Waals surface area contributed by atoms with Crippen molar-refractivity contribution >= 4 is 38.8 Å². The molecule has 3 aromatic rings. The Balaban J connectivity index is 1.70. The van der Waals surface area contributed by atoms with Gasteiger partial charge in [-0.3, -0.25) is 4.79 Å². The molecular weight excluding hydrogens is 300 g/mol. The lowest BCUT2D eigenvalue weighted by Crippen LogP contribution is -2.21. The number of benzene rings is 1. The molecule has 0 radical (unpaired) electrons. The van der Waals surface area contributed by atoms with Crippen LogP contribution in [0.25, 0.3) is 10.2 Å². The van der Waals surface area contributed by atoms with Gasteiger partial charge in [-0.1, -0.05) is 19.1 Å². The van der Waals surface area contributed by atoms with E-state index in [1.807, 2.05) is 24.3 Å². The fourth-order valence-corrected chi connectivity index (χ4v) is 4.16. The summed E-state index contributed by atoms with van der Waals surface area (Å²) in [4.78, 5) is 18.8. The minimum Gasteiger partial charge on any atom is -0.345 e. The number of para-hydroxylation sites is 1. The number of carbonyl (C=O) groups excluding carboxylic acids is 1. The molecule has 0 aliphatic carbocycles. The maximum absolute atomic E-state index is 12.2. The van der Waals surface area contributed by atoms with E-state index in [0.717, 1.165) is 26.5 Å². The number of hydrogen-bond donors (Lipinski definition) is 1. The fraction of sp³-hybridized carbons (Fsp3) is 0.250. The van der Waals surface area contributed by atoms with Crippen molar-refractivity contribution in [1.29, 1.82) is 0 Å². The van der Waals surface area contributed by atoms with Crippen molar-refractivity contribution in [1.82, 2.24) is 10.3 Å². The second-order valence-electron chi connectivity index (χ2n) is 4.83. The van der Waals surface area contributed by atoms with Crippen LogP contribution >= 0.6 is 22.7 Å². The van der Waals surface area contributed by atoms with Crippen LogP contribution in [0.2, 0.25) is 0 Å². The number of aryl methyl sites for hydroxylation is 2. The van der Waals surface area contributed by atoms with Gasteiger partial charge in [-0.2, -0.15) is 0 Å². The van der Waals surface area contributed by atoms with Gasteiger partial charge in [0.2, 0.25) is 0 Å². The molecule has 0 fully saturated rings. The molecule has 3 rings (SSSR count). The van der Waals surface area contributed by atoms with Crippen molar-refractivity contribution in [2.45, 2.75) is 26.8 Å². The quantitative estimate of drug-likeness (QED) is 0.785. The average Bonchev–Trinajstić information content (AvgIpc) is 3.07. The Labute approximate surface area is 131 Å². The molecule has 0 spiro atoms. The van der Waals surface area contributed by atoms with Gasteiger partial charge < -0.3 is 5.32 Å². The highest BCUT2D eigenvalue weighted by Crippen LogP contribution is 2.23. The molecule has 5 heteroatoms. The van der Waals surface area contributed by atoms with Crippen molar-refractivity contribution in [3.8, 4) is 0 Å². The smallest absolute Gasteiger partial charge is 0.261 e. The number of thiazole rings is 1. The Morgan fingerprint density at radius 3 is 2.81 bits per heavy atom. The average molecular weight is 316 g/mol. The van der Waals surface area contributed by atoms with Crippen LogP contribution in [0.4, 0.5) is 0 Å². The molecule has 1 N–H and O–H groups in total. The lowest BCUT2D eigenvalue weighted by atomic mass is 10.2. The topological polar surface area (TPSA) is 42.0 Å². The minimum absolute atomic E-state index is 0.0120. The Morgan fingerprint density at radius 1 is 1.29 bits per heavy atom. The van der Waals surface area contributed by atoms with Gasteiger partial charge >= 0.3 is 0 Å². The summed E-state index contributed by atoms with van der Waals surface area (Å²) in [5, 5.41) is 3.90. The normalized spacial score (nSPS) is 11.0. The predicted molar refractivity (Wildman–Crippen MR) is 89.2 cm³/mol. The van der Waals surface area contributed by atoms with Crippen molar-refractivity contribution in [3.63, 3.8) is 0 Å². The number of nitrogens with one attached hydrogen (secondary N) is 1. The molecule has 0 unspecified atom stereocenters. The third-order valence-electron chi connectivity index (χ3n) is 3.30. The largest absolute Gasteiger partial charge is 0.345 e. The van der Waals surface area contributed by atoms with Crippen LogP contribution in [0.15, 0.2) is 30.3 Å². The van der Waals surface area contributed by atoms with Gasteiger partial charge in [-0.05, 0) is 37.1 Å². The van der Waals surface area contributed by atoms with Gasteiger partial charge in [0, 0.05) is 4.88 Å². The molecule has 21 heavy (non-hydrogen) atoms. The number of nitrogens with zero attached hydrogens (tertiary/aromatic N) is 1. The zero-order valence-electron chi connectivity index (χ0n) is 12.0. The number of aromatic nitrogens is 1. The molecule has 0 saturated heterocycles. The van der Waals surface area contributed by atoms with Crippen molar-refractivity contribution in [3.05, 3.63) is 50.7 Å². The molecule has 0 saturated carbocycles. The number of fused-ring (bicyclic) bond motifs is 1. The number of amides is 1. The molecule has 0 atom stereocenters. The Bertz CT molecular complexity index is 756. The second kappa shape index (κ2) is 5.95. The molecule has 2 heterocycles. The Kier molecular flexibility index (Phi) is 4.03. The van der Waals surface area contributed by atoms with Crippen LogP contribution in [0, 0.1) is 6.92 Å². The summed E-state index contributed by atoms with van der Waals surface area (Å²) in [6.45, 7) is 4.65. The van der Waals surface area contributed by atoms with Crippen LogP contribution in [-0.2, 0) is 13.0 Å². The van der Waals surface area contributed by atoms with Gasteiger partial charge in [0.05, 0.1) is 21.6 Å². The van der Waals surface area contributed by atoms with E-state index in [-0.39, 0.29) is 5.91 Å². The molecule has 2 aromatic heterocycles. The highest BCUT2D eigenvalue weighted by atomic mass is 32.1. The number of carbonyl (C=O) groups is 1. The number of rotatable bonds is 4. The molecule has 1 amide bonds. The van der Waals surface area contributed by atoms with E-state index in [9.17, 15) is 4.79 Å². The summed E-state index contributed by atoms with van der Waals surface area (Å²) in [6, 6.07) is 9.99. The maximum atomic E-state index is 12.2. The van der Waals surface area contributed by atoms with E-state index in [2.05, 4.69) is 30.2 Å². The first-order valence-electron chi connectivity index (χ1n) is 6.89.